The molecule has 1 saturated heterocycles. The van der Waals surface area contributed by atoms with Gasteiger partial charge in [0.25, 0.3) is 0 Å². The van der Waals surface area contributed by atoms with Gasteiger partial charge in [-0.3, -0.25) is 9.78 Å². The van der Waals surface area contributed by atoms with Crippen molar-refractivity contribution in [2.24, 2.45) is 0 Å². The maximum Gasteiger partial charge on any atom is 0.220 e. The molecule has 24 heavy (non-hydrogen) atoms. The van der Waals surface area contributed by atoms with Crippen molar-refractivity contribution < 1.29 is 4.79 Å². The van der Waals surface area contributed by atoms with E-state index in [1.807, 2.05) is 25.1 Å². The minimum absolute atomic E-state index is 0.0311. The molecular weight excluding hydrogens is 302 g/mol. The van der Waals surface area contributed by atoms with Crippen molar-refractivity contribution in [1.82, 2.24) is 25.6 Å². The molecule has 1 aliphatic rings. The quantitative estimate of drug-likeness (QED) is 0.847. The van der Waals surface area contributed by atoms with Gasteiger partial charge in [0.2, 0.25) is 5.91 Å². The number of carbonyl (C=O) groups is 1. The fraction of sp³-hybridized carbons (Fsp3) is 0.444. The van der Waals surface area contributed by atoms with Crippen LogP contribution in [-0.4, -0.2) is 27.4 Å². The molecule has 0 bridgehead atoms. The first-order valence-corrected chi connectivity index (χ1v) is 8.44. The van der Waals surface area contributed by atoms with E-state index in [1.54, 1.807) is 12.4 Å². The first kappa shape index (κ1) is 16.5. The van der Waals surface area contributed by atoms with Crippen LogP contribution in [0.5, 0.6) is 0 Å². The first-order valence-electron chi connectivity index (χ1n) is 8.44. The van der Waals surface area contributed by atoms with E-state index in [0.717, 1.165) is 35.7 Å². The van der Waals surface area contributed by atoms with Gasteiger partial charge in [0.05, 0.1) is 5.69 Å². The Labute approximate surface area is 142 Å². The predicted molar refractivity (Wildman–Crippen MR) is 91.2 cm³/mol. The highest BCUT2D eigenvalue weighted by Gasteiger charge is 2.18. The summed E-state index contributed by atoms with van der Waals surface area (Å²) in [6.07, 6.45) is 6.81. The highest BCUT2D eigenvalue weighted by Crippen LogP contribution is 2.22. The van der Waals surface area contributed by atoms with Crippen LogP contribution in [0, 0.1) is 6.92 Å². The van der Waals surface area contributed by atoms with Crippen molar-refractivity contribution in [3.63, 3.8) is 0 Å². The predicted octanol–water partition coefficient (Wildman–Crippen LogP) is 1.85. The minimum atomic E-state index is 0.0311. The molecule has 0 aromatic carbocycles. The molecule has 0 radical (unpaired) electrons. The fourth-order valence-electron chi connectivity index (χ4n) is 2.93. The summed E-state index contributed by atoms with van der Waals surface area (Å²) in [5, 5.41) is 6.39. The number of aromatic nitrogens is 3. The lowest BCUT2D eigenvalue weighted by Gasteiger charge is -2.12. The molecule has 1 aliphatic heterocycles. The van der Waals surface area contributed by atoms with E-state index in [0.29, 0.717) is 25.4 Å². The van der Waals surface area contributed by atoms with Crippen molar-refractivity contribution in [3.8, 4) is 0 Å². The van der Waals surface area contributed by atoms with Crippen molar-refractivity contribution >= 4 is 5.91 Å². The Bertz CT molecular complexity index is 683. The molecule has 2 N–H and O–H groups in total. The number of hydrogen-bond acceptors (Lipinski definition) is 5. The van der Waals surface area contributed by atoms with Crippen molar-refractivity contribution in [1.29, 1.82) is 0 Å². The zero-order chi connectivity index (χ0) is 16.8. The van der Waals surface area contributed by atoms with Gasteiger partial charge in [0, 0.05) is 37.1 Å². The maximum absolute atomic E-state index is 12.0. The van der Waals surface area contributed by atoms with Crippen LogP contribution >= 0.6 is 0 Å². The van der Waals surface area contributed by atoms with E-state index in [1.165, 1.54) is 6.42 Å². The van der Waals surface area contributed by atoms with Gasteiger partial charge in [-0.1, -0.05) is 0 Å². The average molecular weight is 325 g/mol. The molecule has 0 unspecified atom stereocenters. The van der Waals surface area contributed by atoms with Crippen LogP contribution in [0.1, 0.15) is 48.1 Å². The summed E-state index contributed by atoms with van der Waals surface area (Å²) in [5.41, 5.74) is 3.03. The number of carbonyl (C=O) groups excluding carboxylic acids is 1. The number of rotatable bonds is 6. The monoisotopic (exact) mass is 325 g/mol. The van der Waals surface area contributed by atoms with Gasteiger partial charge < -0.3 is 10.6 Å². The van der Waals surface area contributed by atoms with Gasteiger partial charge >= 0.3 is 0 Å². The third kappa shape index (κ3) is 4.58. The van der Waals surface area contributed by atoms with Gasteiger partial charge in [-0.05, 0) is 56.5 Å². The number of nitrogens with zero attached hydrogens (tertiary/aromatic N) is 3. The number of amides is 1. The average Bonchev–Trinajstić information content (AvgIpc) is 3.13. The molecule has 0 spiro atoms. The molecule has 126 valence electrons. The Morgan fingerprint density at radius 3 is 2.92 bits per heavy atom. The van der Waals surface area contributed by atoms with E-state index < -0.39 is 0 Å². The van der Waals surface area contributed by atoms with Crippen LogP contribution in [0.3, 0.4) is 0 Å². The standard InChI is InChI=1S/C18H23N5O/c1-13-22-15(11-17(23-13)16-3-2-8-20-16)4-5-18(24)21-12-14-6-9-19-10-7-14/h6-7,9-11,16,20H,2-5,8,12H2,1H3,(H,21,24)/t16-/m1/s1. The van der Waals surface area contributed by atoms with Gasteiger partial charge in [-0.25, -0.2) is 9.97 Å². The minimum Gasteiger partial charge on any atom is -0.352 e. The Balaban J connectivity index is 1.53. The fourth-order valence-corrected chi connectivity index (χ4v) is 2.93. The number of aryl methyl sites for hydroxylation is 2. The molecule has 1 amide bonds. The van der Waals surface area contributed by atoms with Crippen LogP contribution in [0.4, 0.5) is 0 Å². The second-order valence-electron chi connectivity index (χ2n) is 6.11. The topological polar surface area (TPSA) is 79.8 Å². The zero-order valence-electron chi connectivity index (χ0n) is 14.0. The van der Waals surface area contributed by atoms with Crippen LogP contribution in [-0.2, 0) is 17.8 Å². The Morgan fingerprint density at radius 1 is 1.33 bits per heavy atom. The van der Waals surface area contributed by atoms with E-state index in [9.17, 15) is 4.79 Å². The molecular formula is C18H23N5O. The molecule has 3 rings (SSSR count). The first-order chi connectivity index (χ1) is 11.7. The maximum atomic E-state index is 12.0. The van der Waals surface area contributed by atoms with Gasteiger partial charge in [-0.2, -0.15) is 0 Å². The molecule has 6 heteroatoms. The smallest absolute Gasteiger partial charge is 0.220 e. The summed E-state index contributed by atoms with van der Waals surface area (Å²) in [6.45, 7) is 3.48. The van der Waals surface area contributed by atoms with Crippen molar-refractivity contribution in [2.75, 3.05) is 6.54 Å². The highest BCUT2D eigenvalue weighted by molar-refractivity contribution is 5.76. The van der Waals surface area contributed by atoms with E-state index >= 15 is 0 Å². The summed E-state index contributed by atoms with van der Waals surface area (Å²) in [6, 6.07) is 6.15. The SMILES string of the molecule is Cc1nc(CCC(=O)NCc2ccncc2)cc([C@H]2CCCN2)n1. The molecule has 0 saturated carbocycles. The summed E-state index contributed by atoms with van der Waals surface area (Å²) in [4.78, 5) is 25.0. The van der Waals surface area contributed by atoms with Crippen LogP contribution in [0.15, 0.2) is 30.6 Å². The molecule has 2 aromatic rings. The number of hydrogen-bond donors (Lipinski definition) is 2. The van der Waals surface area contributed by atoms with Crippen LogP contribution in [0.2, 0.25) is 0 Å². The summed E-state index contributed by atoms with van der Waals surface area (Å²) in [7, 11) is 0. The highest BCUT2D eigenvalue weighted by atomic mass is 16.1. The third-order valence-electron chi connectivity index (χ3n) is 4.18. The summed E-state index contributed by atoms with van der Waals surface area (Å²) < 4.78 is 0. The van der Waals surface area contributed by atoms with E-state index in [4.69, 9.17) is 0 Å². The third-order valence-corrected chi connectivity index (χ3v) is 4.18. The molecule has 6 nitrogen and oxygen atoms in total. The molecule has 1 fully saturated rings. The van der Waals surface area contributed by atoms with Gasteiger partial charge in [-0.15, -0.1) is 0 Å². The largest absolute Gasteiger partial charge is 0.352 e. The summed E-state index contributed by atoms with van der Waals surface area (Å²) >= 11 is 0. The molecule has 0 aliphatic carbocycles. The lowest BCUT2D eigenvalue weighted by atomic mass is 10.1. The normalized spacial score (nSPS) is 17.0. The van der Waals surface area contributed by atoms with Gasteiger partial charge in [0.1, 0.15) is 5.82 Å². The molecule has 1 atom stereocenters. The molecule has 3 heterocycles. The van der Waals surface area contributed by atoms with Gasteiger partial charge in [0.15, 0.2) is 0 Å². The Kier molecular flexibility index (Phi) is 5.48. The number of nitrogens with one attached hydrogen (secondary N) is 2. The van der Waals surface area contributed by atoms with E-state index in [2.05, 4.69) is 25.6 Å². The second-order valence-corrected chi connectivity index (χ2v) is 6.11. The van der Waals surface area contributed by atoms with Crippen LogP contribution < -0.4 is 10.6 Å². The van der Waals surface area contributed by atoms with Crippen LogP contribution in [0.25, 0.3) is 0 Å². The van der Waals surface area contributed by atoms with Crippen molar-refractivity contribution in [2.45, 2.75) is 45.2 Å². The number of pyridine rings is 1. The van der Waals surface area contributed by atoms with Crippen molar-refractivity contribution in [3.05, 3.63) is 53.4 Å². The van der Waals surface area contributed by atoms with E-state index in [-0.39, 0.29) is 5.91 Å². The summed E-state index contributed by atoms with van der Waals surface area (Å²) in [5.74, 6) is 0.803. The molecule has 2 aromatic heterocycles. The lowest BCUT2D eigenvalue weighted by molar-refractivity contribution is -0.121. The Morgan fingerprint density at radius 2 is 2.17 bits per heavy atom. The second kappa shape index (κ2) is 7.97. The lowest BCUT2D eigenvalue weighted by Crippen LogP contribution is -2.23. The Hall–Kier alpha value is -2.34. The zero-order valence-corrected chi connectivity index (χ0v) is 14.0.